The minimum Gasteiger partial charge on any atom is -0.341 e. The van der Waals surface area contributed by atoms with Crippen molar-refractivity contribution in [3.63, 3.8) is 0 Å². The number of nitrogens with zero attached hydrogens (tertiary/aromatic N) is 4. The Kier molecular flexibility index (Phi) is 10.5. The number of nitrogens with two attached hydrogens (primary N) is 1. The molecule has 4 rings (SSSR count). The van der Waals surface area contributed by atoms with Crippen molar-refractivity contribution in [1.29, 1.82) is 0 Å². The molecule has 3 aromatic carbocycles. The van der Waals surface area contributed by atoms with Gasteiger partial charge in [-0.05, 0) is 69.1 Å². The lowest BCUT2D eigenvalue weighted by Gasteiger charge is -2.35. The topological polar surface area (TPSA) is 102 Å². The summed E-state index contributed by atoms with van der Waals surface area (Å²) in [5.74, 6) is -0.441. The molecule has 1 atom stereocenters. The minimum atomic E-state index is -1.17. The van der Waals surface area contributed by atoms with Gasteiger partial charge in [0.05, 0.1) is 17.4 Å². The van der Waals surface area contributed by atoms with Crippen LogP contribution in [0.4, 0.5) is 0 Å². The lowest BCUT2D eigenvalue weighted by atomic mass is 10.1. The molecule has 2 N–H and O–H groups in total. The predicted molar refractivity (Wildman–Crippen MR) is 168 cm³/mol. The van der Waals surface area contributed by atoms with Gasteiger partial charge in [0.2, 0.25) is 0 Å². The van der Waals surface area contributed by atoms with Crippen molar-refractivity contribution in [2.75, 3.05) is 26.2 Å². The second-order valence-corrected chi connectivity index (χ2v) is 10.8. The Morgan fingerprint density at radius 2 is 1.71 bits per heavy atom. The van der Waals surface area contributed by atoms with Gasteiger partial charge in [-0.3, -0.25) is 19.0 Å². The van der Waals surface area contributed by atoms with Crippen molar-refractivity contribution < 1.29 is 9.59 Å². The first-order valence-electron chi connectivity index (χ1n) is 14.4. The first kappa shape index (κ1) is 30.9. The van der Waals surface area contributed by atoms with Crippen LogP contribution < -0.4 is 11.3 Å². The molecule has 1 heterocycles. The molecule has 0 saturated heterocycles. The van der Waals surface area contributed by atoms with E-state index in [0.29, 0.717) is 47.5 Å². The molecule has 9 heteroatoms. The van der Waals surface area contributed by atoms with E-state index in [1.165, 1.54) is 9.47 Å². The van der Waals surface area contributed by atoms with Crippen LogP contribution in [0.3, 0.4) is 0 Å². The first-order valence-corrected chi connectivity index (χ1v) is 14.8. The highest BCUT2D eigenvalue weighted by Gasteiger charge is 2.38. The maximum Gasteiger partial charge on any atom is 0.261 e. The van der Waals surface area contributed by atoms with Crippen LogP contribution in [0.2, 0.25) is 5.02 Å². The van der Waals surface area contributed by atoms with Crippen molar-refractivity contribution in [2.24, 2.45) is 5.73 Å². The Balaban J connectivity index is 2.01. The van der Waals surface area contributed by atoms with Gasteiger partial charge in [-0.2, -0.15) is 0 Å². The molecule has 0 bridgehead atoms. The van der Waals surface area contributed by atoms with E-state index in [-0.39, 0.29) is 36.3 Å². The highest BCUT2D eigenvalue weighted by Crippen LogP contribution is 2.27. The summed E-state index contributed by atoms with van der Waals surface area (Å²) < 4.78 is 1.52. The van der Waals surface area contributed by atoms with Gasteiger partial charge in [0.15, 0.2) is 6.04 Å². The molecule has 1 unspecified atom stereocenters. The number of aryl methyl sites for hydroxylation is 1. The fourth-order valence-electron chi connectivity index (χ4n) is 5.06. The van der Waals surface area contributed by atoms with Crippen molar-refractivity contribution in [2.45, 2.75) is 46.2 Å². The van der Waals surface area contributed by atoms with Gasteiger partial charge >= 0.3 is 0 Å². The van der Waals surface area contributed by atoms with Crippen LogP contribution in [0.15, 0.2) is 77.6 Å². The maximum absolute atomic E-state index is 14.5. The van der Waals surface area contributed by atoms with Gasteiger partial charge in [0.25, 0.3) is 17.4 Å². The number of fused-ring (bicyclic) bond motifs is 1. The molecule has 4 aromatic rings. The zero-order chi connectivity index (χ0) is 30.2. The number of carbonyl (C=O) groups is 2. The molecule has 8 nitrogen and oxygen atoms in total. The van der Waals surface area contributed by atoms with E-state index >= 15 is 0 Å². The second-order valence-electron chi connectivity index (χ2n) is 10.3. The summed E-state index contributed by atoms with van der Waals surface area (Å²) in [7, 11) is 0. The maximum atomic E-state index is 14.5. The number of amides is 2. The third-order valence-electron chi connectivity index (χ3n) is 7.27. The molecule has 0 aliphatic heterocycles. The molecular weight excluding hydrogens is 550 g/mol. The number of hydrogen-bond donors (Lipinski definition) is 1. The molecular formula is C33H38ClN5O3. The average molecular weight is 588 g/mol. The normalized spacial score (nSPS) is 11.8. The SMILES string of the molecule is CCCN(CC)C(=O)C(c1nc2cc(Cl)ccc2c(=O)n1Cc1ccccc1)N(CCCN)C(=O)c1ccc(C)cc1. The monoisotopic (exact) mass is 587 g/mol. The summed E-state index contributed by atoms with van der Waals surface area (Å²) in [6, 6.07) is 20.5. The zero-order valence-corrected chi connectivity index (χ0v) is 25.2. The fraction of sp³-hybridized carbons (Fsp3) is 0.333. The Morgan fingerprint density at radius 1 is 1.00 bits per heavy atom. The second kappa shape index (κ2) is 14.2. The number of carbonyl (C=O) groups excluding carboxylic acids is 2. The molecule has 0 aliphatic rings. The molecule has 1 aromatic heterocycles. The van der Waals surface area contributed by atoms with Crippen molar-refractivity contribution in [3.05, 3.63) is 111 Å². The van der Waals surface area contributed by atoms with E-state index in [2.05, 4.69) is 0 Å². The zero-order valence-electron chi connectivity index (χ0n) is 24.4. The minimum absolute atomic E-state index is 0.174. The molecule has 220 valence electrons. The van der Waals surface area contributed by atoms with Crippen molar-refractivity contribution in [3.8, 4) is 0 Å². The lowest BCUT2D eigenvalue weighted by molar-refractivity contribution is -0.136. The predicted octanol–water partition coefficient (Wildman–Crippen LogP) is 5.20. The first-order chi connectivity index (χ1) is 20.3. The van der Waals surface area contributed by atoms with E-state index in [4.69, 9.17) is 22.3 Å². The number of benzene rings is 3. The van der Waals surface area contributed by atoms with Crippen molar-refractivity contribution >= 4 is 34.3 Å². The van der Waals surface area contributed by atoms with E-state index in [1.54, 1.807) is 35.2 Å². The average Bonchev–Trinajstić information content (AvgIpc) is 2.99. The molecule has 0 saturated carbocycles. The summed E-state index contributed by atoms with van der Waals surface area (Å²) in [5, 5.41) is 0.797. The molecule has 0 spiro atoms. The Morgan fingerprint density at radius 3 is 2.36 bits per heavy atom. The number of hydrogen-bond acceptors (Lipinski definition) is 5. The molecule has 2 amide bonds. The summed E-state index contributed by atoms with van der Waals surface area (Å²) in [5.41, 5.74) is 8.28. The van der Waals surface area contributed by atoms with Gasteiger partial charge in [0.1, 0.15) is 5.82 Å². The van der Waals surface area contributed by atoms with Gasteiger partial charge in [0, 0.05) is 30.2 Å². The Bertz CT molecular complexity index is 1590. The van der Waals surface area contributed by atoms with Gasteiger partial charge in [-0.1, -0.05) is 66.6 Å². The number of rotatable bonds is 12. The number of halogens is 1. The Hall–Kier alpha value is -4.01. The van der Waals surface area contributed by atoms with Gasteiger partial charge < -0.3 is 15.5 Å². The van der Waals surface area contributed by atoms with Gasteiger partial charge in [-0.15, -0.1) is 0 Å². The number of likely N-dealkylation sites (N-methyl/N-ethyl adjacent to an activating group) is 1. The molecule has 0 radical (unpaired) electrons. The third-order valence-corrected chi connectivity index (χ3v) is 7.51. The Labute approximate surface area is 251 Å². The highest BCUT2D eigenvalue weighted by atomic mass is 35.5. The van der Waals surface area contributed by atoms with Crippen LogP contribution in [0.1, 0.15) is 60.0 Å². The van der Waals surface area contributed by atoms with E-state index < -0.39 is 6.04 Å². The van der Waals surface area contributed by atoms with Crippen LogP contribution in [-0.2, 0) is 11.3 Å². The molecule has 42 heavy (non-hydrogen) atoms. The lowest BCUT2D eigenvalue weighted by Crippen LogP contribution is -2.48. The van der Waals surface area contributed by atoms with Gasteiger partial charge in [-0.25, -0.2) is 4.98 Å². The van der Waals surface area contributed by atoms with Crippen LogP contribution >= 0.6 is 11.6 Å². The molecule has 0 aliphatic carbocycles. The largest absolute Gasteiger partial charge is 0.341 e. The standard InChI is InChI=1S/C33H38ClN5O3/c1-4-19-37(5-2)33(42)29(38(20-9-18-35)31(40)25-14-12-23(3)13-15-25)30-36-28-21-26(34)16-17-27(28)32(41)39(30)22-24-10-7-6-8-11-24/h6-8,10-17,21,29H,4-5,9,18-20,22,35H2,1-3H3. The quantitative estimate of drug-likeness (QED) is 0.246. The van der Waals surface area contributed by atoms with E-state index in [0.717, 1.165) is 17.5 Å². The van der Waals surface area contributed by atoms with E-state index in [9.17, 15) is 14.4 Å². The summed E-state index contributed by atoms with van der Waals surface area (Å²) in [6.45, 7) is 7.49. The van der Waals surface area contributed by atoms with Crippen LogP contribution in [0.25, 0.3) is 10.9 Å². The highest BCUT2D eigenvalue weighted by molar-refractivity contribution is 6.31. The summed E-state index contributed by atoms with van der Waals surface area (Å²) >= 11 is 6.32. The smallest absolute Gasteiger partial charge is 0.261 e. The molecule has 0 fully saturated rings. The fourth-order valence-corrected chi connectivity index (χ4v) is 5.23. The number of aromatic nitrogens is 2. The third kappa shape index (κ3) is 6.89. The summed E-state index contributed by atoms with van der Waals surface area (Å²) in [4.78, 5) is 51.0. The van der Waals surface area contributed by atoms with Crippen LogP contribution in [0, 0.1) is 6.92 Å². The van der Waals surface area contributed by atoms with Crippen molar-refractivity contribution in [1.82, 2.24) is 19.4 Å². The van der Waals surface area contributed by atoms with E-state index in [1.807, 2.05) is 63.2 Å². The van der Waals surface area contributed by atoms with Crippen LogP contribution in [0.5, 0.6) is 0 Å². The summed E-state index contributed by atoms with van der Waals surface area (Å²) in [6.07, 6.45) is 1.20. The van der Waals surface area contributed by atoms with Crippen LogP contribution in [-0.4, -0.2) is 57.3 Å².